The van der Waals surface area contributed by atoms with E-state index in [0.29, 0.717) is 11.4 Å². The molecule has 0 bridgehead atoms. The van der Waals surface area contributed by atoms with Crippen LogP contribution in [-0.2, 0) is 0 Å². The minimum Gasteiger partial charge on any atom is -0.399 e. The van der Waals surface area contributed by atoms with Crippen molar-refractivity contribution < 1.29 is 4.39 Å². The lowest BCUT2D eigenvalue weighted by atomic mass is 9.91. The van der Waals surface area contributed by atoms with E-state index in [4.69, 9.17) is 17.3 Å². The summed E-state index contributed by atoms with van der Waals surface area (Å²) in [6.45, 7) is 54.1. The first-order valence-electron chi connectivity index (χ1n) is 23.6. The van der Waals surface area contributed by atoms with E-state index in [1.807, 2.05) is 47.6 Å². The molecule has 3 aliphatic heterocycles. The number of allylic oxidation sites excluding steroid dienone is 6. The molecule has 3 aliphatic rings. The molecule has 2 aromatic rings. The molecule has 0 amide bonds. The van der Waals surface area contributed by atoms with Gasteiger partial charge in [-0.25, -0.2) is 4.39 Å². The fraction of sp³-hybridized carbons (Fsp3) is 0.481. The molecule has 1 aromatic carbocycles. The van der Waals surface area contributed by atoms with Crippen LogP contribution in [0.15, 0.2) is 128 Å². The molecule has 0 radical (unpaired) electrons. The van der Waals surface area contributed by atoms with Gasteiger partial charge in [0.05, 0.1) is 16.7 Å². The van der Waals surface area contributed by atoms with Crippen molar-refractivity contribution in [2.24, 2.45) is 17.4 Å². The highest BCUT2D eigenvalue weighted by Crippen LogP contribution is 2.32. The first kappa shape index (κ1) is 63.3. The van der Waals surface area contributed by atoms with Crippen LogP contribution in [0.5, 0.6) is 0 Å². The number of anilines is 1. The van der Waals surface area contributed by atoms with Crippen molar-refractivity contribution in [1.29, 1.82) is 0 Å². The highest BCUT2D eigenvalue weighted by molar-refractivity contribution is 5.86. The lowest BCUT2D eigenvalue weighted by molar-refractivity contribution is 0.534. The number of nitrogens with one attached hydrogen (secondary N) is 5. The minimum atomic E-state index is -0.292. The molecule has 5 rings (SSSR count). The third-order valence-electron chi connectivity index (χ3n) is 10.1. The van der Waals surface area contributed by atoms with Gasteiger partial charge in [-0.1, -0.05) is 132 Å². The molecule has 362 valence electrons. The number of nitrogens with two attached hydrogens (primary N) is 3. The van der Waals surface area contributed by atoms with Crippen molar-refractivity contribution in [3.63, 3.8) is 0 Å². The standard InChI is InChI=1S/C18H24FN3.C18H28N4.C6H12.C4H10N2.2C2H6.2C2H4/c1-6-14-7-15(19)9-21-12(4)16(14)8-17-10(2)18(11(3)20)13(5)22-17;1-14-17-10-9-16(13-18(17)15(2)22(14)20)21-12-8-6-4-3-5-7-11-19;1-3-5-6-4-2;1-2-6-4-3-5-1;4*1-2/h7-10,17,21-22H,3-4,6,20H2,1-2,5H3;9-10,13,21H,1-8,11-12,19-20H2;3H,1,4-6H2,2H3;5-6H,1-4H2;2*1-2H3;2*1-2H2/b16-8+;;;;;;;. The van der Waals surface area contributed by atoms with E-state index in [9.17, 15) is 4.39 Å². The summed E-state index contributed by atoms with van der Waals surface area (Å²) in [5, 5.41) is 20.0. The van der Waals surface area contributed by atoms with E-state index >= 15 is 0 Å². The summed E-state index contributed by atoms with van der Waals surface area (Å²) in [6.07, 6.45) is 18.9. The molecule has 11 N–H and O–H groups in total. The quantitative estimate of drug-likeness (QED) is 0.0502. The molecule has 2 unspecified atom stereocenters. The average molecular weight is 888 g/mol. The second kappa shape index (κ2) is 40.7. The Morgan fingerprint density at radius 1 is 0.875 bits per heavy atom. The summed E-state index contributed by atoms with van der Waals surface area (Å²) < 4.78 is 15.2. The summed E-state index contributed by atoms with van der Waals surface area (Å²) in [7, 11) is 0. The Morgan fingerprint density at radius 3 is 1.89 bits per heavy atom. The maximum atomic E-state index is 13.6. The number of nitrogens with zero attached hydrogens (tertiary/aromatic N) is 1. The number of aromatic nitrogens is 1. The Balaban J connectivity index is -0.000000823. The number of nitrogen functional groups attached to an aromatic ring is 1. The Kier molecular flexibility index (Phi) is 40.3. The fourth-order valence-corrected chi connectivity index (χ4v) is 6.81. The zero-order valence-corrected chi connectivity index (χ0v) is 41.9. The lowest BCUT2D eigenvalue weighted by Crippen LogP contribution is -2.39. The maximum Gasteiger partial charge on any atom is 0.139 e. The molecule has 0 spiro atoms. The van der Waals surface area contributed by atoms with Crippen LogP contribution >= 0.6 is 0 Å². The SMILES string of the molecule is C1CNCCN1.C=C.C=C.C=C(N)C1=C(C)NC(/C=C2\C(=C)NC=C(F)C=C2CC)C1C.C=CCCCC.C=c1c2ccc(NCCCCCCCCN)cc2c(=C)n1N.CC.CC. The van der Waals surface area contributed by atoms with Crippen LogP contribution in [0.2, 0.25) is 0 Å². The highest BCUT2D eigenvalue weighted by atomic mass is 19.1. The smallest absolute Gasteiger partial charge is 0.139 e. The van der Waals surface area contributed by atoms with Crippen molar-refractivity contribution in [3.05, 3.63) is 139 Å². The van der Waals surface area contributed by atoms with Gasteiger partial charge in [-0.15, -0.1) is 32.9 Å². The Hall–Kier alpha value is -5.03. The molecule has 9 nitrogen and oxygen atoms in total. The summed E-state index contributed by atoms with van der Waals surface area (Å²) in [6, 6.07) is 6.33. The molecular formula is C54H94FN9. The topological polar surface area (TPSA) is 143 Å². The largest absolute Gasteiger partial charge is 0.399 e. The Morgan fingerprint density at radius 2 is 1.42 bits per heavy atom. The van der Waals surface area contributed by atoms with Gasteiger partial charge in [0, 0.05) is 78.4 Å². The molecule has 64 heavy (non-hydrogen) atoms. The van der Waals surface area contributed by atoms with Gasteiger partial charge >= 0.3 is 0 Å². The summed E-state index contributed by atoms with van der Waals surface area (Å²) >= 11 is 0. The average Bonchev–Trinajstić information content (AvgIpc) is 3.68. The second-order valence-electron chi connectivity index (χ2n) is 14.6. The van der Waals surface area contributed by atoms with E-state index in [2.05, 4.69) is 124 Å². The van der Waals surface area contributed by atoms with Crippen LogP contribution in [0.25, 0.3) is 23.9 Å². The fourth-order valence-electron chi connectivity index (χ4n) is 6.81. The number of rotatable bonds is 15. The third-order valence-corrected chi connectivity index (χ3v) is 10.1. The van der Waals surface area contributed by atoms with Crippen molar-refractivity contribution in [3.8, 4) is 0 Å². The highest BCUT2D eigenvalue weighted by Gasteiger charge is 2.29. The first-order chi connectivity index (χ1) is 30.9. The normalized spacial score (nSPS) is 16.5. The number of halogens is 1. The molecule has 4 heterocycles. The van der Waals surface area contributed by atoms with E-state index in [1.165, 1.54) is 57.6 Å². The zero-order chi connectivity index (χ0) is 49.5. The van der Waals surface area contributed by atoms with Crippen LogP contribution in [0, 0.1) is 5.92 Å². The number of fused-ring (bicyclic) bond motifs is 1. The second-order valence-corrected chi connectivity index (χ2v) is 14.6. The number of hydrogen-bond acceptors (Lipinski definition) is 8. The monoisotopic (exact) mass is 888 g/mol. The van der Waals surface area contributed by atoms with Gasteiger partial charge in [0.2, 0.25) is 0 Å². The van der Waals surface area contributed by atoms with E-state index < -0.39 is 0 Å². The first-order valence-corrected chi connectivity index (χ1v) is 23.6. The molecule has 10 heteroatoms. The van der Waals surface area contributed by atoms with Gasteiger partial charge in [-0.05, 0) is 74.1 Å². The van der Waals surface area contributed by atoms with E-state index in [1.54, 1.807) is 10.8 Å². The number of benzene rings is 1. The van der Waals surface area contributed by atoms with Crippen molar-refractivity contribution >= 4 is 29.6 Å². The van der Waals surface area contributed by atoms with Crippen LogP contribution in [-0.4, -0.2) is 50.0 Å². The lowest BCUT2D eigenvalue weighted by Gasteiger charge is -2.19. The predicted octanol–water partition coefficient (Wildman–Crippen LogP) is 10.6. The van der Waals surface area contributed by atoms with Gasteiger partial charge in [-0.2, -0.15) is 0 Å². The minimum absolute atomic E-state index is 0.0833. The molecule has 1 aromatic heterocycles. The zero-order valence-electron chi connectivity index (χ0n) is 41.9. The Labute approximate surface area is 391 Å². The molecule has 2 atom stereocenters. The van der Waals surface area contributed by atoms with Crippen LogP contribution in [0.3, 0.4) is 0 Å². The molecule has 0 saturated carbocycles. The number of hydrogen-bond donors (Lipinski definition) is 8. The van der Waals surface area contributed by atoms with Gasteiger partial charge in [-0.3, -0.25) is 4.68 Å². The Bertz CT molecular complexity index is 1800. The van der Waals surface area contributed by atoms with Crippen LogP contribution in [0.1, 0.15) is 120 Å². The van der Waals surface area contributed by atoms with E-state index in [0.717, 1.165) is 102 Å². The molecule has 1 fully saturated rings. The number of piperazine rings is 1. The van der Waals surface area contributed by atoms with E-state index in [-0.39, 0.29) is 17.8 Å². The van der Waals surface area contributed by atoms with Crippen molar-refractivity contribution in [2.45, 2.75) is 126 Å². The van der Waals surface area contributed by atoms with Gasteiger partial charge < -0.3 is 43.9 Å². The summed E-state index contributed by atoms with van der Waals surface area (Å²) in [4.78, 5) is 0. The van der Waals surface area contributed by atoms with Crippen molar-refractivity contribution in [1.82, 2.24) is 25.9 Å². The number of unbranched alkanes of at least 4 members (excludes halogenated alkanes) is 7. The summed E-state index contributed by atoms with van der Waals surface area (Å²) in [5.41, 5.74) is 17.7. The molecule has 0 aliphatic carbocycles. The van der Waals surface area contributed by atoms with Gasteiger partial charge in [0.25, 0.3) is 0 Å². The third kappa shape index (κ3) is 24.1. The molecular weight excluding hydrogens is 794 g/mol. The molecule has 1 saturated heterocycles. The van der Waals surface area contributed by atoms with Gasteiger partial charge in [0.1, 0.15) is 5.83 Å². The summed E-state index contributed by atoms with van der Waals surface area (Å²) in [5.74, 6) is 5.83. The van der Waals surface area contributed by atoms with Crippen LogP contribution in [0.4, 0.5) is 10.1 Å². The maximum absolute atomic E-state index is 13.6. The van der Waals surface area contributed by atoms with Crippen LogP contribution < -0.4 is 54.6 Å². The van der Waals surface area contributed by atoms with Gasteiger partial charge in [0.15, 0.2) is 0 Å². The predicted molar refractivity (Wildman–Crippen MR) is 288 cm³/mol. The van der Waals surface area contributed by atoms with Crippen molar-refractivity contribution in [2.75, 3.05) is 50.4 Å².